The van der Waals surface area contributed by atoms with Crippen molar-refractivity contribution in [2.75, 3.05) is 0 Å². The Morgan fingerprint density at radius 3 is 1.80 bits per heavy atom. The Morgan fingerprint density at radius 2 is 1.80 bits per heavy atom. The predicted molar refractivity (Wildman–Crippen MR) is 25.9 cm³/mol. The van der Waals surface area contributed by atoms with E-state index in [0.29, 0.717) is 0 Å². The first-order chi connectivity index (χ1) is 4.19. The second-order valence-corrected chi connectivity index (χ2v) is 1.89. The van der Waals surface area contributed by atoms with Gasteiger partial charge in [-0.25, -0.2) is 4.39 Å². The molecule has 0 radical (unpaired) electrons. The van der Waals surface area contributed by atoms with E-state index in [4.69, 9.17) is 5.11 Å². The molecule has 0 aliphatic rings. The summed E-state index contributed by atoms with van der Waals surface area (Å²) in [6.07, 6.45) is 0. The van der Waals surface area contributed by atoms with E-state index in [1.165, 1.54) is 0 Å². The first-order valence-corrected chi connectivity index (χ1v) is 2.28. The van der Waals surface area contributed by atoms with E-state index in [2.05, 4.69) is 5.73 Å². The first-order valence-electron chi connectivity index (χ1n) is 2.28. The fraction of sp³-hybridized carbons (Fsp3) is 0.750. The molecule has 0 heterocycles. The molecular formula is C4H6F3NO2. The molecule has 0 aromatic rings. The molecule has 1 atom stereocenters. The predicted octanol–water partition coefficient (Wildman–Crippen LogP) is -0.215. The number of hydrogen-bond acceptors (Lipinski definition) is 2. The highest BCUT2D eigenvalue weighted by molar-refractivity contribution is 5.82. The van der Waals surface area contributed by atoms with Crippen molar-refractivity contribution in [3.05, 3.63) is 0 Å². The normalized spacial score (nSPS) is 18.1. The molecule has 0 aromatic heterocycles. The molecule has 0 spiro atoms. The van der Waals surface area contributed by atoms with Crippen LogP contribution in [-0.4, -0.2) is 22.8 Å². The minimum atomic E-state index is -4.53. The highest BCUT2D eigenvalue weighted by Gasteiger charge is 2.55. The summed E-state index contributed by atoms with van der Waals surface area (Å²) in [7, 11) is 0. The lowest BCUT2D eigenvalue weighted by Crippen LogP contribution is -2.51. The highest BCUT2D eigenvalue weighted by atomic mass is 19.3. The molecule has 10 heavy (non-hydrogen) atoms. The van der Waals surface area contributed by atoms with Gasteiger partial charge in [-0.3, -0.25) is 4.79 Å². The summed E-state index contributed by atoms with van der Waals surface area (Å²) in [5.41, 5.74) is 4.07. The number of aliphatic hydroxyl groups is 1. The van der Waals surface area contributed by atoms with E-state index < -0.39 is 17.7 Å². The summed E-state index contributed by atoms with van der Waals surface area (Å²) in [6, 6.07) is 0. The quantitative estimate of drug-likeness (QED) is 0.582. The van der Waals surface area contributed by atoms with Gasteiger partial charge in [0.05, 0.1) is 0 Å². The van der Waals surface area contributed by atoms with Gasteiger partial charge in [0.1, 0.15) is 0 Å². The summed E-state index contributed by atoms with van der Waals surface area (Å²) in [5.74, 6) is -10.6. The van der Waals surface area contributed by atoms with Crippen molar-refractivity contribution in [2.45, 2.75) is 18.7 Å². The number of alkyl halides is 3. The van der Waals surface area contributed by atoms with Crippen LogP contribution in [0.5, 0.6) is 0 Å². The Bertz CT molecular complexity index is 151. The van der Waals surface area contributed by atoms with Gasteiger partial charge in [-0.2, -0.15) is 8.78 Å². The second-order valence-electron chi connectivity index (χ2n) is 1.89. The molecule has 3 N–H and O–H groups in total. The van der Waals surface area contributed by atoms with Crippen molar-refractivity contribution in [1.29, 1.82) is 0 Å². The topological polar surface area (TPSA) is 63.3 Å². The number of carbonyl (C=O) groups is 1. The Balaban J connectivity index is 4.57. The maximum absolute atomic E-state index is 12.0. The van der Waals surface area contributed by atoms with Crippen molar-refractivity contribution in [1.82, 2.24) is 0 Å². The zero-order chi connectivity index (χ0) is 8.58. The molecule has 1 amide bonds. The van der Waals surface area contributed by atoms with Crippen molar-refractivity contribution in [3.63, 3.8) is 0 Å². The van der Waals surface area contributed by atoms with Gasteiger partial charge in [-0.05, 0) is 0 Å². The van der Waals surface area contributed by atoms with Gasteiger partial charge >= 0.3 is 5.92 Å². The Labute approximate surface area is 54.6 Å². The Kier molecular flexibility index (Phi) is 1.95. The number of carbonyl (C=O) groups excluding carboxylic acids is 1. The summed E-state index contributed by atoms with van der Waals surface area (Å²) in [6.45, 7) is 0.151. The molecule has 0 saturated heterocycles. The monoisotopic (exact) mass is 157 g/mol. The SMILES string of the molecule is CC(O)(F)C(F)(F)C(N)=O. The standard InChI is InChI=1S/C4H6F3NO2/c1-3(5,10)4(6,7)2(8)9/h10H,1H3,(H2,8,9). The third kappa shape index (κ3) is 1.38. The summed E-state index contributed by atoms with van der Waals surface area (Å²) in [5, 5.41) is 8.00. The van der Waals surface area contributed by atoms with Crippen LogP contribution in [0.25, 0.3) is 0 Å². The fourth-order valence-electron chi connectivity index (χ4n) is 0.225. The number of halogens is 3. The third-order valence-corrected chi connectivity index (χ3v) is 0.883. The Morgan fingerprint density at radius 1 is 1.50 bits per heavy atom. The summed E-state index contributed by atoms with van der Waals surface area (Å²) >= 11 is 0. The third-order valence-electron chi connectivity index (χ3n) is 0.883. The minimum Gasteiger partial charge on any atom is -0.364 e. The molecule has 0 saturated carbocycles. The molecule has 1 unspecified atom stereocenters. The Hall–Kier alpha value is -0.780. The molecule has 60 valence electrons. The van der Waals surface area contributed by atoms with Crippen LogP contribution in [0.15, 0.2) is 0 Å². The maximum Gasteiger partial charge on any atom is 0.380 e. The van der Waals surface area contributed by atoms with Crippen LogP contribution in [0.1, 0.15) is 6.92 Å². The number of primary amides is 1. The molecule has 3 nitrogen and oxygen atoms in total. The first kappa shape index (κ1) is 9.22. The van der Waals surface area contributed by atoms with Gasteiger partial charge in [-0.15, -0.1) is 0 Å². The molecule has 0 fully saturated rings. The number of nitrogens with two attached hydrogens (primary N) is 1. The summed E-state index contributed by atoms with van der Waals surface area (Å²) < 4.78 is 35.8. The van der Waals surface area contributed by atoms with Crippen molar-refractivity contribution < 1.29 is 23.1 Å². The van der Waals surface area contributed by atoms with E-state index in [9.17, 15) is 18.0 Å². The molecule has 0 bridgehead atoms. The molecule has 0 aliphatic carbocycles. The van der Waals surface area contributed by atoms with E-state index >= 15 is 0 Å². The minimum absolute atomic E-state index is 0.151. The summed E-state index contributed by atoms with van der Waals surface area (Å²) in [4.78, 5) is 9.74. The zero-order valence-electron chi connectivity index (χ0n) is 5.07. The lowest BCUT2D eigenvalue weighted by Gasteiger charge is -2.21. The smallest absolute Gasteiger partial charge is 0.364 e. The molecule has 6 heteroatoms. The zero-order valence-corrected chi connectivity index (χ0v) is 5.07. The highest BCUT2D eigenvalue weighted by Crippen LogP contribution is 2.28. The van der Waals surface area contributed by atoms with Gasteiger partial charge in [-0.1, -0.05) is 0 Å². The van der Waals surface area contributed by atoms with Crippen LogP contribution in [0, 0.1) is 0 Å². The molecule has 0 aromatic carbocycles. The molecule has 0 rings (SSSR count). The van der Waals surface area contributed by atoms with E-state index in [1.54, 1.807) is 0 Å². The van der Waals surface area contributed by atoms with E-state index in [0.717, 1.165) is 0 Å². The van der Waals surface area contributed by atoms with Crippen molar-refractivity contribution in [2.24, 2.45) is 5.73 Å². The van der Waals surface area contributed by atoms with Gasteiger partial charge in [0.2, 0.25) is 0 Å². The van der Waals surface area contributed by atoms with Gasteiger partial charge in [0.25, 0.3) is 11.8 Å². The number of rotatable bonds is 2. The fourth-order valence-corrected chi connectivity index (χ4v) is 0.225. The second kappa shape index (κ2) is 2.12. The van der Waals surface area contributed by atoms with Crippen LogP contribution >= 0.6 is 0 Å². The van der Waals surface area contributed by atoms with Crippen LogP contribution in [0.4, 0.5) is 13.2 Å². The lowest BCUT2D eigenvalue weighted by atomic mass is 10.2. The average Bonchev–Trinajstić information content (AvgIpc) is 1.62. The van der Waals surface area contributed by atoms with E-state index in [-0.39, 0.29) is 6.92 Å². The number of amides is 1. The van der Waals surface area contributed by atoms with Crippen molar-refractivity contribution in [3.8, 4) is 0 Å². The van der Waals surface area contributed by atoms with Crippen molar-refractivity contribution >= 4 is 5.91 Å². The largest absolute Gasteiger partial charge is 0.380 e. The van der Waals surface area contributed by atoms with Crippen LogP contribution in [-0.2, 0) is 4.79 Å². The number of hydrogen-bond donors (Lipinski definition) is 2. The van der Waals surface area contributed by atoms with Crippen LogP contribution in [0.3, 0.4) is 0 Å². The maximum atomic E-state index is 12.0. The van der Waals surface area contributed by atoms with E-state index in [1.807, 2.05) is 0 Å². The van der Waals surface area contributed by atoms with Crippen LogP contribution in [0.2, 0.25) is 0 Å². The van der Waals surface area contributed by atoms with Gasteiger partial charge in [0, 0.05) is 6.92 Å². The van der Waals surface area contributed by atoms with Crippen LogP contribution < -0.4 is 5.73 Å². The molecule has 0 aliphatic heterocycles. The molecular weight excluding hydrogens is 151 g/mol. The lowest BCUT2D eigenvalue weighted by molar-refractivity contribution is -0.232. The van der Waals surface area contributed by atoms with Gasteiger partial charge in [0.15, 0.2) is 0 Å². The van der Waals surface area contributed by atoms with Gasteiger partial charge < -0.3 is 10.8 Å². The average molecular weight is 157 g/mol.